The number of nitrogens with one attached hydrogen (secondary N) is 1. The predicted molar refractivity (Wildman–Crippen MR) is 66.9 cm³/mol. The zero-order chi connectivity index (χ0) is 13.4. The van der Waals surface area contributed by atoms with Gasteiger partial charge in [0, 0.05) is 18.0 Å². The van der Waals surface area contributed by atoms with E-state index in [1.54, 1.807) is 18.5 Å². The first kappa shape index (κ1) is 14.2. The molecular weight excluding hydrogens is 232 g/mol. The van der Waals surface area contributed by atoms with E-state index in [-0.39, 0.29) is 6.61 Å². The van der Waals surface area contributed by atoms with Crippen molar-refractivity contribution >= 4 is 12.4 Å². The summed E-state index contributed by atoms with van der Waals surface area (Å²) in [5.41, 5.74) is 0.805. The molecule has 0 aliphatic carbocycles. The van der Waals surface area contributed by atoms with E-state index in [1.807, 2.05) is 19.9 Å². The Bertz CT molecular complexity index is 379. The van der Waals surface area contributed by atoms with Crippen LogP contribution < -0.4 is 5.32 Å². The molecule has 5 nitrogen and oxygen atoms in total. The lowest BCUT2D eigenvalue weighted by atomic mass is 10.1. The number of carbonyl (C=O) groups is 2. The third-order valence-electron chi connectivity index (χ3n) is 2.29. The zero-order valence-corrected chi connectivity index (χ0v) is 10.6. The average Bonchev–Trinajstić information content (AvgIpc) is 2.36. The van der Waals surface area contributed by atoms with Crippen molar-refractivity contribution in [1.29, 1.82) is 0 Å². The zero-order valence-electron chi connectivity index (χ0n) is 10.6. The molecule has 1 atom stereocenters. The Kier molecular flexibility index (Phi) is 5.84. The number of ether oxygens (including phenoxy) is 1. The molecule has 98 valence electrons. The van der Waals surface area contributed by atoms with E-state index in [1.165, 1.54) is 0 Å². The molecule has 1 heterocycles. The van der Waals surface area contributed by atoms with Gasteiger partial charge >= 0.3 is 6.09 Å². The lowest BCUT2D eigenvalue weighted by Crippen LogP contribution is -2.37. The molecule has 0 saturated carbocycles. The van der Waals surface area contributed by atoms with Gasteiger partial charge in [-0.3, -0.25) is 4.98 Å². The number of hydrogen-bond donors (Lipinski definition) is 1. The molecule has 1 rings (SSSR count). The smallest absolute Gasteiger partial charge is 0.408 e. The van der Waals surface area contributed by atoms with E-state index < -0.39 is 12.1 Å². The number of amides is 1. The van der Waals surface area contributed by atoms with Crippen LogP contribution in [-0.2, 0) is 16.1 Å². The molecular formula is C13H18N2O3. The van der Waals surface area contributed by atoms with Gasteiger partial charge < -0.3 is 14.8 Å². The molecule has 0 aromatic carbocycles. The molecule has 0 unspecified atom stereocenters. The quantitative estimate of drug-likeness (QED) is 0.783. The molecule has 5 heteroatoms. The van der Waals surface area contributed by atoms with Crippen LogP contribution in [0.5, 0.6) is 0 Å². The lowest BCUT2D eigenvalue weighted by Gasteiger charge is -2.14. The molecule has 1 N–H and O–H groups in total. The normalized spacial score (nSPS) is 11.9. The molecule has 0 bridgehead atoms. The van der Waals surface area contributed by atoms with Gasteiger partial charge in [0.15, 0.2) is 0 Å². The van der Waals surface area contributed by atoms with Crippen LogP contribution in [0.2, 0.25) is 0 Å². The maximum absolute atomic E-state index is 11.5. The Morgan fingerprint density at radius 1 is 1.56 bits per heavy atom. The van der Waals surface area contributed by atoms with Crippen LogP contribution in [0.1, 0.15) is 25.8 Å². The van der Waals surface area contributed by atoms with Gasteiger partial charge in [-0.15, -0.1) is 0 Å². The van der Waals surface area contributed by atoms with Crippen molar-refractivity contribution in [2.45, 2.75) is 32.9 Å². The minimum absolute atomic E-state index is 0.146. The van der Waals surface area contributed by atoms with E-state index >= 15 is 0 Å². The highest BCUT2D eigenvalue weighted by Crippen LogP contribution is 2.04. The van der Waals surface area contributed by atoms with E-state index in [9.17, 15) is 9.59 Å². The van der Waals surface area contributed by atoms with Gasteiger partial charge in [0.25, 0.3) is 0 Å². The van der Waals surface area contributed by atoms with Crippen LogP contribution in [0.4, 0.5) is 4.79 Å². The fourth-order valence-electron chi connectivity index (χ4n) is 1.48. The highest BCUT2D eigenvalue weighted by atomic mass is 16.5. The van der Waals surface area contributed by atoms with Crippen molar-refractivity contribution < 1.29 is 14.3 Å². The number of alkyl carbamates (subject to hydrolysis) is 1. The van der Waals surface area contributed by atoms with E-state index in [0.29, 0.717) is 12.3 Å². The molecule has 0 radical (unpaired) electrons. The van der Waals surface area contributed by atoms with Gasteiger partial charge in [0.2, 0.25) is 0 Å². The van der Waals surface area contributed by atoms with Crippen LogP contribution in [0, 0.1) is 5.92 Å². The van der Waals surface area contributed by atoms with Crippen LogP contribution in [-0.4, -0.2) is 23.4 Å². The minimum atomic E-state index is -0.586. The standard InChI is InChI=1S/C13H18N2O3/c1-10(2)6-12(8-16)15-13(17)18-9-11-4-3-5-14-7-11/h3-5,7-8,10,12H,6,9H2,1-2H3,(H,15,17)/t12-/m0/s1. The van der Waals surface area contributed by atoms with Crippen molar-refractivity contribution in [3.8, 4) is 0 Å². The van der Waals surface area contributed by atoms with E-state index in [2.05, 4.69) is 10.3 Å². The third-order valence-corrected chi connectivity index (χ3v) is 2.29. The molecule has 0 fully saturated rings. The third kappa shape index (κ3) is 5.43. The first-order valence-corrected chi connectivity index (χ1v) is 5.89. The van der Waals surface area contributed by atoms with Gasteiger partial charge in [-0.25, -0.2) is 4.79 Å². The number of aldehydes is 1. The van der Waals surface area contributed by atoms with Gasteiger partial charge in [0.05, 0.1) is 6.04 Å². The first-order chi connectivity index (χ1) is 8.61. The summed E-state index contributed by atoms with van der Waals surface area (Å²) in [6.07, 6.45) is 4.01. The number of pyridine rings is 1. The first-order valence-electron chi connectivity index (χ1n) is 5.89. The topological polar surface area (TPSA) is 68.3 Å². The fraction of sp³-hybridized carbons (Fsp3) is 0.462. The summed E-state index contributed by atoms with van der Waals surface area (Å²) < 4.78 is 4.99. The molecule has 1 amide bonds. The molecule has 0 aliphatic rings. The van der Waals surface area contributed by atoms with E-state index in [0.717, 1.165) is 11.8 Å². The number of carbonyl (C=O) groups excluding carboxylic acids is 2. The number of aromatic nitrogens is 1. The van der Waals surface area contributed by atoms with Gasteiger partial charge in [-0.2, -0.15) is 0 Å². The number of hydrogen-bond acceptors (Lipinski definition) is 4. The molecule has 0 aliphatic heterocycles. The van der Waals surface area contributed by atoms with Crippen molar-refractivity contribution in [2.24, 2.45) is 5.92 Å². The Hall–Kier alpha value is -1.91. The van der Waals surface area contributed by atoms with Gasteiger partial charge in [0.1, 0.15) is 12.9 Å². The van der Waals surface area contributed by atoms with Crippen LogP contribution in [0.25, 0.3) is 0 Å². The van der Waals surface area contributed by atoms with Gasteiger partial charge in [-0.1, -0.05) is 19.9 Å². The summed E-state index contributed by atoms with van der Waals surface area (Å²) in [7, 11) is 0. The summed E-state index contributed by atoms with van der Waals surface area (Å²) in [5, 5.41) is 2.52. The van der Waals surface area contributed by atoms with Crippen molar-refractivity contribution in [3.63, 3.8) is 0 Å². The Balaban J connectivity index is 2.34. The second kappa shape index (κ2) is 7.42. The summed E-state index contributed by atoms with van der Waals surface area (Å²) in [6.45, 7) is 4.12. The highest BCUT2D eigenvalue weighted by Gasteiger charge is 2.13. The van der Waals surface area contributed by atoms with Crippen LogP contribution >= 0.6 is 0 Å². The SMILES string of the molecule is CC(C)C[C@@H](C=O)NC(=O)OCc1cccnc1. The molecule has 18 heavy (non-hydrogen) atoms. The maximum Gasteiger partial charge on any atom is 0.408 e. The average molecular weight is 250 g/mol. The second-order valence-corrected chi connectivity index (χ2v) is 4.45. The Morgan fingerprint density at radius 3 is 2.89 bits per heavy atom. The Morgan fingerprint density at radius 2 is 2.33 bits per heavy atom. The summed E-state index contributed by atoms with van der Waals surface area (Å²) >= 11 is 0. The molecule has 1 aromatic rings. The highest BCUT2D eigenvalue weighted by molar-refractivity contribution is 5.73. The van der Waals surface area contributed by atoms with Crippen LogP contribution in [0.15, 0.2) is 24.5 Å². The van der Waals surface area contributed by atoms with E-state index in [4.69, 9.17) is 4.74 Å². The van der Waals surface area contributed by atoms with Crippen LogP contribution in [0.3, 0.4) is 0 Å². The number of rotatable bonds is 6. The molecule has 0 spiro atoms. The molecule has 1 aromatic heterocycles. The largest absolute Gasteiger partial charge is 0.445 e. The van der Waals surface area contributed by atoms with Crippen molar-refractivity contribution in [2.75, 3.05) is 0 Å². The van der Waals surface area contributed by atoms with Gasteiger partial charge in [-0.05, 0) is 18.4 Å². The predicted octanol–water partition coefficient (Wildman–Crippen LogP) is 1.92. The number of nitrogens with zero attached hydrogens (tertiary/aromatic N) is 1. The monoisotopic (exact) mass is 250 g/mol. The Labute approximate surface area is 107 Å². The van der Waals surface area contributed by atoms with Crippen molar-refractivity contribution in [1.82, 2.24) is 10.3 Å². The molecule has 0 saturated heterocycles. The maximum atomic E-state index is 11.5. The van der Waals surface area contributed by atoms with Crippen molar-refractivity contribution in [3.05, 3.63) is 30.1 Å². The fourth-order valence-corrected chi connectivity index (χ4v) is 1.48. The summed E-state index contributed by atoms with van der Waals surface area (Å²) in [5.74, 6) is 0.332. The minimum Gasteiger partial charge on any atom is -0.445 e. The summed E-state index contributed by atoms with van der Waals surface area (Å²) in [6, 6.07) is 3.08. The summed E-state index contributed by atoms with van der Waals surface area (Å²) in [4.78, 5) is 26.1. The second-order valence-electron chi connectivity index (χ2n) is 4.45. The lowest BCUT2D eigenvalue weighted by molar-refractivity contribution is -0.109.